The molecule has 2 amide bonds. The molecule has 0 spiro atoms. The van der Waals surface area contributed by atoms with Crippen molar-refractivity contribution in [2.75, 3.05) is 10.8 Å². The van der Waals surface area contributed by atoms with Crippen LogP contribution in [0.15, 0.2) is 83.8 Å². The minimum atomic E-state index is -4.26. The minimum absolute atomic E-state index is 0.0235. The number of hydrogen-bond acceptors (Lipinski definition) is 4. The van der Waals surface area contributed by atoms with Crippen molar-refractivity contribution in [2.24, 2.45) is 0 Å². The Morgan fingerprint density at radius 1 is 0.949 bits per heavy atom. The first-order valence-corrected chi connectivity index (χ1v) is 14.6. The van der Waals surface area contributed by atoms with Gasteiger partial charge in [0.25, 0.3) is 10.0 Å². The highest BCUT2D eigenvalue weighted by molar-refractivity contribution is 7.92. The van der Waals surface area contributed by atoms with E-state index < -0.39 is 34.3 Å². The second-order valence-electron chi connectivity index (χ2n) is 9.17. The third-order valence-electron chi connectivity index (χ3n) is 6.38. The molecule has 3 aromatic rings. The van der Waals surface area contributed by atoms with Gasteiger partial charge in [-0.05, 0) is 55.7 Å². The summed E-state index contributed by atoms with van der Waals surface area (Å²) in [5, 5.41) is 2.65. The van der Waals surface area contributed by atoms with Gasteiger partial charge < -0.3 is 10.2 Å². The summed E-state index contributed by atoms with van der Waals surface area (Å²) < 4.78 is 42.3. The molecular formula is C29H33ClFN3O4S. The molecule has 10 heteroatoms. The largest absolute Gasteiger partial charge is 0.352 e. The second-order valence-corrected chi connectivity index (χ2v) is 11.4. The zero-order valence-electron chi connectivity index (χ0n) is 22.2. The Labute approximate surface area is 234 Å². The average molecular weight is 574 g/mol. The molecular weight excluding hydrogens is 541 g/mol. The Bertz CT molecular complexity index is 1370. The van der Waals surface area contributed by atoms with Gasteiger partial charge in [-0.25, -0.2) is 12.8 Å². The Morgan fingerprint density at radius 2 is 1.56 bits per heavy atom. The quantitative estimate of drug-likeness (QED) is 0.314. The van der Waals surface area contributed by atoms with E-state index in [1.165, 1.54) is 29.2 Å². The lowest BCUT2D eigenvalue weighted by atomic mass is 10.1. The first kappa shape index (κ1) is 30.1. The number of benzene rings is 3. The number of amides is 2. The Hall–Kier alpha value is -3.43. The van der Waals surface area contributed by atoms with Crippen LogP contribution in [-0.2, 0) is 26.2 Å². The molecule has 3 aromatic carbocycles. The van der Waals surface area contributed by atoms with Crippen LogP contribution in [0.25, 0.3) is 0 Å². The summed E-state index contributed by atoms with van der Waals surface area (Å²) in [6.07, 6.45) is 1.03. The molecule has 0 radical (unpaired) electrons. The van der Waals surface area contributed by atoms with Gasteiger partial charge in [-0.3, -0.25) is 13.9 Å². The number of halogens is 2. The van der Waals surface area contributed by atoms with Crippen molar-refractivity contribution in [1.82, 2.24) is 10.2 Å². The lowest BCUT2D eigenvalue weighted by Gasteiger charge is -2.33. The molecule has 0 aromatic heterocycles. The molecule has 0 saturated carbocycles. The van der Waals surface area contributed by atoms with Crippen molar-refractivity contribution in [2.45, 2.75) is 57.1 Å². The zero-order chi connectivity index (χ0) is 28.6. The number of sulfonamides is 1. The molecule has 0 unspecified atom stereocenters. The topological polar surface area (TPSA) is 86.8 Å². The van der Waals surface area contributed by atoms with Crippen molar-refractivity contribution in [1.29, 1.82) is 0 Å². The summed E-state index contributed by atoms with van der Waals surface area (Å²) in [4.78, 5) is 28.5. The van der Waals surface area contributed by atoms with Gasteiger partial charge in [-0.15, -0.1) is 0 Å². The lowest BCUT2D eigenvalue weighted by molar-refractivity contribution is -0.140. The van der Waals surface area contributed by atoms with Crippen molar-refractivity contribution in [3.05, 3.63) is 95.3 Å². The number of nitrogens with one attached hydrogen (secondary N) is 1. The Morgan fingerprint density at radius 3 is 2.13 bits per heavy atom. The third-order valence-corrected chi connectivity index (χ3v) is 8.46. The van der Waals surface area contributed by atoms with E-state index in [1.54, 1.807) is 25.1 Å². The molecule has 0 fully saturated rings. The normalized spacial score (nSPS) is 12.8. The highest BCUT2D eigenvalue weighted by atomic mass is 35.5. The van der Waals surface area contributed by atoms with Crippen molar-refractivity contribution in [3.8, 4) is 0 Å². The Balaban J connectivity index is 2.06. The van der Waals surface area contributed by atoms with Gasteiger partial charge in [0.15, 0.2) is 0 Å². The van der Waals surface area contributed by atoms with Gasteiger partial charge in [0.1, 0.15) is 18.4 Å². The molecule has 39 heavy (non-hydrogen) atoms. The number of rotatable bonds is 12. The van der Waals surface area contributed by atoms with Gasteiger partial charge in [-0.2, -0.15) is 0 Å². The number of carbonyl (C=O) groups is 2. The molecule has 7 nitrogen and oxygen atoms in total. The molecule has 208 valence electrons. The van der Waals surface area contributed by atoms with E-state index in [0.29, 0.717) is 12.8 Å². The summed E-state index contributed by atoms with van der Waals surface area (Å²) >= 11 is 5.99. The summed E-state index contributed by atoms with van der Waals surface area (Å²) in [5.74, 6) is -1.63. The van der Waals surface area contributed by atoms with Crippen molar-refractivity contribution >= 4 is 39.1 Å². The van der Waals surface area contributed by atoms with Crippen LogP contribution in [0.1, 0.15) is 39.2 Å². The molecule has 0 heterocycles. The van der Waals surface area contributed by atoms with E-state index in [1.807, 2.05) is 44.2 Å². The van der Waals surface area contributed by atoms with Gasteiger partial charge in [-0.1, -0.05) is 74.0 Å². The average Bonchev–Trinajstić information content (AvgIpc) is 2.93. The maximum Gasteiger partial charge on any atom is 0.264 e. The van der Waals surface area contributed by atoms with E-state index in [4.69, 9.17) is 11.6 Å². The molecule has 0 aliphatic heterocycles. The van der Waals surface area contributed by atoms with E-state index in [2.05, 4.69) is 5.32 Å². The molecule has 2 atom stereocenters. The summed E-state index contributed by atoms with van der Waals surface area (Å²) in [7, 11) is -4.26. The fourth-order valence-electron chi connectivity index (χ4n) is 4.03. The molecule has 1 N–H and O–H groups in total. The van der Waals surface area contributed by atoms with Crippen LogP contribution < -0.4 is 9.62 Å². The number of nitrogens with zero attached hydrogens (tertiary/aromatic N) is 2. The van der Waals surface area contributed by atoms with E-state index >= 15 is 0 Å². The predicted octanol–water partition coefficient (Wildman–Crippen LogP) is 5.40. The maximum atomic E-state index is 14.0. The van der Waals surface area contributed by atoms with Gasteiger partial charge in [0.2, 0.25) is 11.8 Å². The monoisotopic (exact) mass is 573 g/mol. The van der Waals surface area contributed by atoms with E-state index in [-0.39, 0.29) is 34.1 Å². The van der Waals surface area contributed by atoms with Crippen molar-refractivity contribution in [3.63, 3.8) is 0 Å². The first-order valence-electron chi connectivity index (χ1n) is 12.7. The maximum absolute atomic E-state index is 14.0. The molecule has 3 rings (SSSR count). The lowest BCUT2D eigenvalue weighted by Crippen LogP contribution is -2.53. The minimum Gasteiger partial charge on any atom is -0.352 e. The third kappa shape index (κ3) is 7.58. The standard InChI is InChI=1S/C29H33ClFN3O4S/c1-4-21(3)32-29(36)27(5-2)33(19-22-12-8-6-9-13-22)28(35)20-34(23-16-17-26(31)25(30)18-23)39(37,38)24-14-10-7-11-15-24/h6-18,21,27H,4-5,19-20H2,1-3H3,(H,32,36)/t21-,27-/m0/s1. The molecule has 0 saturated heterocycles. The second kappa shape index (κ2) is 13.6. The van der Waals surface area contributed by atoms with Crippen LogP contribution in [0.4, 0.5) is 10.1 Å². The fraction of sp³-hybridized carbons (Fsp3) is 0.310. The van der Waals surface area contributed by atoms with Crippen LogP contribution in [-0.4, -0.2) is 43.8 Å². The van der Waals surface area contributed by atoms with Crippen LogP contribution in [0.2, 0.25) is 5.02 Å². The van der Waals surface area contributed by atoms with Gasteiger partial charge in [0.05, 0.1) is 15.6 Å². The number of hydrogen-bond donors (Lipinski definition) is 1. The Kier molecular flexibility index (Phi) is 10.5. The van der Waals surface area contributed by atoms with Gasteiger partial charge >= 0.3 is 0 Å². The smallest absolute Gasteiger partial charge is 0.264 e. The van der Waals surface area contributed by atoms with Crippen LogP contribution in [0, 0.1) is 5.82 Å². The molecule has 0 bridgehead atoms. The number of carbonyl (C=O) groups excluding carboxylic acids is 2. The van der Waals surface area contributed by atoms with Crippen LogP contribution in [0.5, 0.6) is 0 Å². The van der Waals surface area contributed by atoms with Crippen LogP contribution in [0.3, 0.4) is 0 Å². The van der Waals surface area contributed by atoms with Gasteiger partial charge in [0, 0.05) is 12.6 Å². The summed E-state index contributed by atoms with van der Waals surface area (Å²) in [6.45, 7) is 5.08. The van der Waals surface area contributed by atoms with Crippen molar-refractivity contribution < 1.29 is 22.4 Å². The molecule has 0 aliphatic rings. The number of anilines is 1. The van der Waals surface area contributed by atoms with E-state index in [0.717, 1.165) is 15.9 Å². The van der Waals surface area contributed by atoms with E-state index in [9.17, 15) is 22.4 Å². The SMILES string of the molecule is CC[C@H](C)NC(=O)[C@H](CC)N(Cc1ccccc1)C(=O)CN(c1ccc(F)c(Cl)c1)S(=O)(=O)c1ccccc1. The zero-order valence-corrected chi connectivity index (χ0v) is 23.8. The highest BCUT2D eigenvalue weighted by Gasteiger charge is 2.34. The highest BCUT2D eigenvalue weighted by Crippen LogP contribution is 2.28. The predicted molar refractivity (Wildman–Crippen MR) is 151 cm³/mol. The first-order chi connectivity index (χ1) is 18.6. The molecule has 0 aliphatic carbocycles. The summed E-state index contributed by atoms with van der Waals surface area (Å²) in [6, 6.07) is 19.3. The summed E-state index contributed by atoms with van der Waals surface area (Å²) in [5.41, 5.74) is 0.804. The fourth-order valence-corrected chi connectivity index (χ4v) is 5.63. The van der Waals surface area contributed by atoms with Crippen LogP contribution >= 0.6 is 11.6 Å².